The first-order chi connectivity index (χ1) is 9.06. The lowest BCUT2D eigenvalue weighted by molar-refractivity contribution is 0.573. The smallest absolute Gasteiger partial charge is 0.241 e. The summed E-state index contributed by atoms with van der Waals surface area (Å²) in [5, 5.41) is 3.01. The summed E-state index contributed by atoms with van der Waals surface area (Å²) >= 11 is 0. The van der Waals surface area contributed by atoms with Crippen LogP contribution in [0.15, 0.2) is 23.2 Å². The topological polar surface area (TPSA) is 71.1 Å². The van der Waals surface area contributed by atoms with Crippen molar-refractivity contribution in [3.63, 3.8) is 0 Å². The average Bonchev–Trinajstić information content (AvgIpc) is 3.08. The van der Waals surface area contributed by atoms with Crippen LogP contribution in [0.1, 0.15) is 33.1 Å². The molecule has 1 saturated carbocycles. The van der Waals surface area contributed by atoms with E-state index < -0.39 is 10.0 Å². The predicted octanol–water partition coefficient (Wildman–Crippen LogP) is 1.98. The van der Waals surface area contributed by atoms with Gasteiger partial charge in [-0.25, -0.2) is 18.1 Å². The summed E-state index contributed by atoms with van der Waals surface area (Å²) in [7, 11) is -3.42. The van der Waals surface area contributed by atoms with Crippen LogP contribution < -0.4 is 10.0 Å². The largest absolute Gasteiger partial charge is 0.370 e. The van der Waals surface area contributed by atoms with Gasteiger partial charge in [0.1, 0.15) is 5.82 Å². The second-order valence-electron chi connectivity index (χ2n) is 4.92. The van der Waals surface area contributed by atoms with Crippen LogP contribution in [0.2, 0.25) is 0 Å². The van der Waals surface area contributed by atoms with E-state index in [0.717, 1.165) is 19.3 Å². The number of sulfonamides is 1. The SMILES string of the molecule is CCCC1CC1NS(=O)(=O)c1ccnc(NCC)c1. The summed E-state index contributed by atoms with van der Waals surface area (Å²) in [6.45, 7) is 4.78. The van der Waals surface area contributed by atoms with E-state index in [1.165, 1.54) is 12.3 Å². The minimum atomic E-state index is -3.42. The second-order valence-corrected chi connectivity index (χ2v) is 6.63. The molecule has 5 nitrogen and oxygen atoms in total. The van der Waals surface area contributed by atoms with Gasteiger partial charge >= 0.3 is 0 Å². The highest BCUT2D eigenvalue weighted by atomic mass is 32.2. The maximum atomic E-state index is 12.2. The van der Waals surface area contributed by atoms with E-state index in [1.54, 1.807) is 6.07 Å². The van der Waals surface area contributed by atoms with Gasteiger partial charge in [-0.15, -0.1) is 0 Å². The number of aromatic nitrogens is 1. The highest BCUT2D eigenvalue weighted by molar-refractivity contribution is 7.89. The molecule has 2 atom stereocenters. The second kappa shape index (κ2) is 5.88. The van der Waals surface area contributed by atoms with Gasteiger partial charge in [0.15, 0.2) is 0 Å². The molecule has 1 aromatic rings. The zero-order valence-electron chi connectivity index (χ0n) is 11.4. The highest BCUT2D eigenvalue weighted by Gasteiger charge is 2.39. The minimum absolute atomic E-state index is 0.112. The van der Waals surface area contributed by atoms with Gasteiger partial charge < -0.3 is 5.32 Å². The molecule has 2 unspecified atom stereocenters. The molecule has 2 rings (SSSR count). The number of nitrogens with zero attached hydrogens (tertiary/aromatic N) is 1. The number of rotatable bonds is 7. The van der Waals surface area contributed by atoms with Crippen molar-refractivity contribution in [3.8, 4) is 0 Å². The lowest BCUT2D eigenvalue weighted by Gasteiger charge is -2.08. The lowest BCUT2D eigenvalue weighted by atomic mass is 10.2. The van der Waals surface area contributed by atoms with Crippen molar-refractivity contribution in [2.45, 2.75) is 44.0 Å². The van der Waals surface area contributed by atoms with Crippen molar-refractivity contribution in [2.24, 2.45) is 5.92 Å². The van der Waals surface area contributed by atoms with Crippen LogP contribution in [0.5, 0.6) is 0 Å². The van der Waals surface area contributed by atoms with Crippen LogP contribution in [0.3, 0.4) is 0 Å². The zero-order chi connectivity index (χ0) is 13.9. The zero-order valence-corrected chi connectivity index (χ0v) is 12.2. The van der Waals surface area contributed by atoms with Crippen LogP contribution in [-0.4, -0.2) is 26.0 Å². The van der Waals surface area contributed by atoms with Gasteiger partial charge in [-0.3, -0.25) is 0 Å². The van der Waals surface area contributed by atoms with Crippen molar-refractivity contribution in [3.05, 3.63) is 18.3 Å². The van der Waals surface area contributed by atoms with Crippen molar-refractivity contribution < 1.29 is 8.42 Å². The van der Waals surface area contributed by atoms with Crippen molar-refractivity contribution in [2.75, 3.05) is 11.9 Å². The fourth-order valence-corrected chi connectivity index (χ4v) is 3.54. The van der Waals surface area contributed by atoms with Crippen molar-refractivity contribution in [1.29, 1.82) is 0 Å². The minimum Gasteiger partial charge on any atom is -0.370 e. The maximum Gasteiger partial charge on any atom is 0.241 e. The Balaban J connectivity index is 2.05. The van der Waals surface area contributed by atoms with Crippen molar-refractivity contribution in [1.82, 2.24) is 9.71 Å². The van der Waals surface area contributed by atoms with Crippen LogP contribution in [0.4, 0.5) is 5.82 Å². The van der Waals surface area contributed by atoms with E-state index in [0.29, 0.717) is 18.3 Å². The van der Waals surface area contributed by atoms with Crippen LogP contribution in [0.25, 0.3) is 0 Å². The molecule has 1 fully saturated rings. The van der Waals surface area contributed by atoms with Crippen molar-refractivity contribution >= 4 is 15.8 Å². The Kier molecular flexibility index (Phi) is 4.42. The molecule has 0 saturated heterocycles. The predicted molar refractivity (Wildman–Crippen MR) is 75.5 cm³/mol. The number of hydrogen-bond donors (Lipinski definition) is 2. The van der Waals surface area contributed by atoms with Gasteiger partial charge in [0.25, 0.3) is 0 Å². The van der Waals surface area contributed by atoms with E-state index in [2.05, 4.69) is 21.9 Å². The molecule has 0 spiro atoms. The third-order valence-electron chi connectivity index (χ3n) is 3.29. The summed E-state index contributed by atoms with van der Waals surface area (Å²) in [5.41, 5.74) is 0. The van der Waals surface area contributed by atoms with Gasteiger partial charge in [0.2, 0.25) is 10.0 Å². The number of anilines is 1. The fourth-order valence-electron chi connectivity index (χ4n) is 2.21. The van der Waals surface area contributed by atoms with Gasteiger partial charge in [0, 0.05) is 24.8 Å². The molecule has 2 N–H and O–H groups in total. The average molecular weight is 283 g/mol. The molecular weight excluding hydrogens is 262 g/mol. The Bertz CT molecular complexity index is 530. The van der Waals surface area contributed by atoms with Crippen LogP contribution in [0, 0.1) is 5.92 Å². The summed E-state index contributed by atoms with van der Waals surface area (Å²) in [6.07, 6.45) is 4.66. The Morgan fingerprint density at radius 1 is 1.42 bits per heavy atom. The van der Waals surface area contributed by atoms with E-state index in [9.17, 15) is 8.42 Å². The first kappa shape index (κ1) is 14.3. The summed E-state index contributed by atoms with van der Waals surface area (Å²) in [6, 6.07) is 3.21. The van der Waals surface area contributed by atoms with E-state index >= 15 is 0 Å². The first-order valence-electron chi connectivity index (χ1n) is 6.79. The van der Waals surface area contributed by atoms with Crippen LogP contribution in [-0.2, 0) is 10.0 Å². The quantitative estimate of drug-likeness (QED) is 0.802. The summed E-state index contributed by atoms with van der Waals surface area (Å²) in [4.78, 5) is 4.36. The van der Waals surface area contributed by atoms with Gasteiger partial charge in [-0.1, -0.05) is 13.3 Å². The number of pyridine rings is 1. The van der Waals surface area contributed by atoms with Crippen LogP contribution >= 0.6 is 0 Å². The van der Waals surface area contributed by atoms with Gasteiger partial charge in [0.05, 0.1) is 4.90 Å². The molecule has 1 heterocycles. The molecular formula is C13H21N3O2S. The third kappa shape index (κ3) is 3.67. The number of nitrogens with one attached hydrogen (secondary N) is 2. The number of hydrogen-bond acceptors (Lipinski definition) is 4. The maximum absolute atomic E-state index is 12.2. The Hall–Kier alpha value is -1.14. The third-order valence-corrected chi connectivity index (χ3v) is 4.78. The lowest BCUT2D eigenvalue weighted by Crippen LogP contribution is -2.27. The molecule has 1 aliphatic rings. The Labute approximate surface area is 114 Å². The molecule has 1 aliphatic carbocycles. The normalized spacial score (nSPS) is 22.2. The standard InChI is InChI=1S/C13H21N3O2S/c1-3-5-10-8-12(10)16-19(17,18)11-6-7-15-13(9-11)14-4-2/h6-7,9-10,12,16H,3-5,8H2,1-2H3,(H,14,15). The van der Waals surface area contributed by atoms with E-state index in [-0.39, 0.29) is 10.9 Å². The van der Waals surface area contributed by atoms with Gasteiger partial charge in [-0.05, 0) is 31.7 Å². The summed E-state index contributed by atoms with van der Waals surface area (Å²) in [5.74, 6) is 1.10. The highest BCUT2D eigenvalue weighted by Crippen LogP contribution is 2.35. The molecule has 0 aromatic carbocycles. The molecule has 106 valence electrons. The van der Waals surface area contributed by atoms with Gasteiger partial charge in [-0.2, -0.15) is 0 Å². The summed E-state index contributed by atoms with van der Waals surface area (Å²) < 4.78 is 27.2. The van der Waals surface area contributed by atoms with E-state index in [1.807, 2.05) is 6.92 Å². The Morgan fingerprint density at radius 2 is 2.21 bits per heavy atom. The molecule has 0 amide bonds. The fraction of sp³-hybridized carbons (Fsp3) is 0.615. The molecule has 0 aliphatic heterocycles. The molecule has 0 bridgehead atoms. The first-order valence-corrected chi connectivity index (χ1v) is 8.27. The monoisotopic (exact) mass is 283 g/mol. The molecule has 6 heteroatoms. The molecule has 19 heavy (non-hydrogen) atoms. The molecule has 0 radical (unpaired) electrons. The Morgan fingerprint density at radius 3 is 2.89 bits per heavy atom. The van der Waals surface area contributed by atoms with E-state index in [4.69, 9.17) is 0 Å². The molecule has 1 aromatic heterocycles.